The van der Waals surface area contributed by atoms with Crippen LogP contribution in [0.15, 0.2) is 36.7 Å². The second kappa shape index (κ2) is 7.29. The monoisotopic (exact) mass is 350 g/mol. The molecule has 1 aliphatic heterocycles. The lowest BCUT2D eigenvalue weighted by Gasteiger charge is -2.36. The van der Waals surface area contributed by atoms with Crippen molar-refractivity contribution in [2.75, 3.05) is 16.8 Å². The van der Waals surface area contributed by atoms with E-state index < -0.39 is 11.7 Å². The minimum absolute atomic E-state index is 0.00895. The van der Waals surface area contributed by atoms with Crippen molar-refractivity contribution in [3.05, 3.63) is 42.2 Å². The number of para-hydroxylation sites is 1. The first kappa shape index (κ1) is 17.5. The van der Waals surface area contributed by atoms with Gasteiger partial charge in [0.1, 0.15) is 18.0 Å². The number of aromatic nitrogens is 2. The molecule has 0 saturated carbocycles. The van der Waals surface area contributed by atoms with Gasteiger partial charge in [-0.3, -0.25) is 0 Å². The highest BCUT2D eigenvalue weighted by molar-refractivity contribution is 5.63. The third-order valence-electron chi connectivity index (χ3n) is 4.54. The number of piperidine rings is 1. The first-order valence-electron chi connectivity index (χ1n) is 8.51. The van der Waals surface area contributed by atoms with Crippen LogP contribution in [-0.2, 0) is 6.18 Å². The van der Waals surface area contributed by atoms with Gasteiger partial charge in [-0.15, -0.1) is 0 Å². The van der Waals surface area contributed by atoms with Gasteiger partial charge in [-0.05, 0) is 37.8 Å². The fourth-order valence-electron chi connectivity index (χ4n) is 3.28. The van der Waals surface area contributed by atoms with Gasteiger partial charge in [-0.2, -0.15) is 13.2 Å². The third kappa shape index (κ3) is 4.03. The highest BCUT2D eigenvalue weighted by Crippen LogP contribution is 2.36. The van der Waals surface area contributed by atoms with E-state index in [1.54, 1.807) is 12.1 Å². The van der Waals surface area contributed by atoms with Crippen LogP contribution in [0.5, 0.6) is 0 Å². The molecule has 1 N–H and O–H groups in total. The van der Waals surface area contributed by atoms with Crippen molar-refractivity contribution in [3.8, 4) is 0 Å². The van der Waals surface area contributed by atoms with Crippen LogP contribution < -0.4 is 10.2 Å². The number of anilines is 3. The summed E-state index contributed by atoms with van der Waals surface area (Å²) < 4.78 is 39.4. The van der Waals surface area contributed by atoms with E-state index in [0.29, 0.717) is 11.9 Å². The predicted molar refractivity (Wildman–Crippen MR) is 92.0 cm³/mol. The maximum absolute atomic E-state index is 13.1. The van der Waals surface area contributed by atoms with Crippen LogP contribution in [0, 0.1) is 0 Å². The van der Waals surface area contributed by atoms with Crippen molar-refractivity contribution in [1.29, 1.82) is 0 Å². The molecule has 4 nitrogen and oxygen atoms in total. The van der Waals surface area contributed by atoms with Gasteiger partial charge in [0.15, 0.2) is 0 Å². The quantitative estimate of drug-likeness (QED) is 0.842. The molecule has 1 aromatic carbocycles. The zero-order chi connectivity index (χ0) is 17.9. The summed E-state index contributed by atoms with van der Waals surface area (Å²) in [4.78, 5) is 10.6. The minimum Gasteiger partial charge on any atom is -0.353 e. The first-order valence-corrected chi connectivity index (χ1v) is 8.51. The van der Waals surface area contributed by atoms with Crippen LogP contribution in [0.4, 0.5) is 30.5 Å². The molecule has 0 bridgehead atoms. The van der Waals surface area contributed by atoms with E-state index in [1.807, 2.05) is 0 Å². The number of halogens is 3. The molecular weight excluding hydrogens is 329 g/mol. The second-order valence-corrected chi connectivity index (χ2v) is 6.18. The molecule has 7 heteroatoms. The minimum atomic E-state index is -4.42. The molecule has 134 valence electrons. The van der Waals surface area contributed by atoms with E-state index in [0.717, 1.165) is 37.7 Å². The number of hydrogen-bond donors (Lipinski definition) is 1. The molecule has 1 aliphatic rings. The largest absolute Gasteiger partial charge is 0.418 e. The molecule has 0 radical (unpaired) electrons. The molecule has 1 atom stereocenters. The van der Waals surface area contributed by atoms with Gasteiger partial charge in [0.25, 0.3) is 0 Å². The number of benzene rings is 1. The predicted octanol–water partition coefficient (Wildman–Crippen LogP) is 5.01. The Hall–Kier alpha value is -2.31. The van der Waals surface area contributed by atoms with Crippen LogP contribution >= 0.6 is 0 Å². The van der Waals surface area contributed by atoms with Crippen LogP contribution in [0.1, 0.15) is 38.2 Å². The average molecular weight is 350 g/mol. The standard InChI is InChI=1S/C18H21F3N4/c1-2-13-7-5-6-10-25(13)17-11-16(22-12-23-17)24-15-9-4-3-8-14(15)18(19,20)21/h3-4,8-9,11-13H,2,5-7,10H2,1H3,(H,22,23,24). The summed E-state index contributed by atoms with van der Waals surface area (Å²) in [6, 6.07) is 7.54. The number of rotatable bonds is 4. The van der Waals surface area contributed by atoms with Crippen molar-refractivity contribution in [1.82, 2.24) is 9.97 Å². The Morgan fingerprint density at radius 3 is 2.76 bits per heavy atom. The van der Waals surface area contributed by atoms with Gasteiger partial charge in [0.2, 0.25) is 0 Å². The lowest BCUT2D eigenvalue weighted by atomic mass is 10.0. The van der Waals surface area contributed by atoms with Gasteiger partial charge >= 0.3 is 6.18 Å². The first-order chi connectivity index (χ1) is 12.0. The lowest BCUT2D eigenvalue weighted by Crippen LogP contribution is -2.39. The molecular formula is C18H21F3N4. The van der Waals surface area contributed by atoms with Crippen LogP contribution in [-0.4, -0.2) is 22.6 Å². The van der Waals surface area contributed by atoms with Gasteiger partial charge in [-0.1, -0.05) is 19.1 Å². The highest BCUT2D eigenvalue weighted by atomic mass is 19.4. The summed E-state index contributed by atoms with van der Waals surface area (Å²) in [6.45, 7) is 3.05. The fourth-order valence-corrected chi connectivity index (χ4v) is 3.28. The summed E-state index contributed by atoms with van der Waals surface area (Å²) in [5.41, 5.74) is -0.718. The number of hydrogen-bond acceptors (Lipinski definition) is 4. The molecule has 1 unspecified atom stereocenters. The Morgan fingerprint density at radius 2 is 2.00 bits per heavy atom. The molecule has 2 aromatic rings. The van der Waals surface area contributed by atoms with Crippen LogP contribution in [0.3, 0.4) is 0 Å². The summed E-state index contributed by atoms with van der Waals surface area (Å²) in [7, 11) is 0. The van der Waals surface area contributed by atoms with Gasteiger partial charge < -0.3 is 10.2 Å². The van der Waals surface area contributed by atoms with Crippen molar-refractivity contribution in [2.24, 2.45) is 0 Å². The second-order valence-electron chi connectivity index (χ2n) is 6.18. The van der Waals surface area contributed by atoms with E-state index in [2.05, 4.69) is 27.1 Å². The zero-order valence-corrected chi connectivity index (χ0v) is 14.1. The highest BCUT2D eigenvalue weighted by Gasteiger charge is 2.33. The number of alkyl halides is 3. The Balaban J connectivity index is 1.86. The maximum Gasteiger partial charge on any atom is 0.418 e. The summed E-state index contributed by atoms with van der Waals surface area (Å²) in [5.74, 6) is 1.12. The number of nitrogens with one attached hydrogen (secondary N) is 1. The van der Waals surface area contributed by atoms with Crippen molar-refractivity contribution in [3.63, 3.8) is 0 Å². The summed E-state index contributed by atoms with van der Waals surface area (Å²) >= 11 is 0. The van der Waals surface area contributed by atoms with E-state index in [1.165, 1.54) is 24.9 Å². The molecule has 25 heavy (non-hydrogen) atoms. The summed E-state index contributed by atoms with van der Waals surface area (Å²) in [5, 5.41) is 2.79. The Kier molecular flexibility index (Phi) is 5.11. The zero-order valence-electron chi connectivity index (χ0n) is 14.1. The van der Waals surface area contributed by atoms with Gasteiger partial charge in [-0.25, -0.2) is 9.97 Å². The molecule has 1 saturated heterocycles. The molecule has 1 fully saturated rings. The molecule has 3 rings (SSSR count). The van der Waals surface area contributed by atoms with Crippen LogP contribution in [0.25, 0.3) is 0 Å². The SMILES string of the molecule is CCC1CCCCN1c1cc(Nc2ccccc2C(F)(F)F)ncn1. The van der Waals surface area contributed by atoms with E-state index >= 15 is 0 Å². The molecule has 0 amide bonds. The van der Waals surface area contributed by atoms with Gasteiger partial charge in [0.05, 0.1) is 11.3 Å². The molecule has 0 aliphatic carbocycles. The topological polar surface area (TPSA) is 41.0 Å². The van der Waals surface area contributed by atoms with Crippen molar-refractivity contribution >= 4 is 17.3 Å². The smallest absolute Gasteiger partial charge is 0.353 e. The van der Waals surface area contributed by atoms with E-state index in [-0.39, 0.29) is 5.69 Å². The third-order valence-corrected chi connectivity index (χ3v) is 4.54. The Labute approximate surface area is 145 Å². The van der Waals surface area contributed by atoms with Crippen LogP contribution in [0.2, 0.25) is 0 Å². The van der Waals surface area contributed by atoms with Crippen molar-refractivity contribution in [2.45, 2.75) is 44.8 Å². The summed E-state index contributed by atoms with van der Waals surface area (Å²) in [6.07, 6.45) is 1.41. The maximum atomic E-state index is 13.1. The van der Waals surface area contributed by atoms with Gasteiger partial charge in [0, 0.05) is 18.7 Å². The average Bonchev–Trinajstić information content (AvgIpc) is 2.61. The molecule has 2 heterocycles. The normalized spacial score (nSPS) is 18.2. The van der Waals surface area contributed by atoms with E-state index in [9.17, 15) is 13.2 Å². The lowest BCUT2D eigenvalue weighted by molar-refractivity contribution is -0.136. The van der Waals surface area contributed by atoms with E-state index in [4.69, 9.17) is 0 Å². The Morgan fingerprint density at radius 1 is 1.20 bits per heavy atom. The Bertz CT molecular complexity index is 717. The molecule has 0 spiro atoms. The fraction of sp³-hybridized carbons (Fsp3) is 0.444. The number of nitrogens with zero attached hydrogens (tertiary/aromatic N) is 3. The molecule has 1 aromatic heterocycles. The van der Waals surface area contributed by atoms with Crippen molar-refractivity contribution < 1.29 is 13.2 Å².